The highest BCUT2D eigenvalue weighted by atomic mass is 35.5. The van der Waals surface area contributed by atoms with E-state index in [1.807, 2.05) is 36.2 Å². The van der Waals surface area contributed by atoms with Crippen LogP contribution in [0.2, 0.25) is 0 Å². The van der Waals surface area contributed by atoms with Crippen molar-refractivity contribution in [3.05, 3.63) is 24.4 Å². The van der Waals surface area contributed by atoms with Gasteiger partial charge < -0.3 is 20.3 Å². The third-order valence-electron chi connectivity index (χ3n) is 4.42. The number of piperidine rings is 1. The number of amides is 1. The van der Waals surface area contributed by atoms with Crippen LogP contribution in [0.5, 0.6) is 0 Å². The Morgan fingerprint density at radius 1 is 1.40 bits per heavy atom. The van der Waals surface area contributed by atoms with E-state index in [-0.39, 0.29) is 37.3 Å². The fourth-order valence-corrected chi connectivity index (χ4v) is 3.06. The quantitative estimate of drug-likeness (QED) is 0.767. The SMILES string of the molecule is CCN(CC1CCN(c2ccccn2)CC1)C(=O)C(N)COC.Cl.Cl. The Morgan fingerprint density at radius 2 is 2.08 bits per heavy atom. The molecule has 1 aromatic heterocycles. The minimum atomic E-state index is -0.562. The van der Waals surface area contributed by atoms with Gasteiger partial charge in [-0.05, 0) is 37.8 Å². The maximum atomic E-state index is 12.3. The van der Waals surface area contributed by atoms with Gasteiger partial charge in [0.2, 0.25) is 5.91 Å². The third-order valence-corrected chi connectivity index (χ3v) is 4.42. The molecule has 0 radical (unpaired) electrons. The molecule has 2 rings (SSSR count). The molecule has 0 aliphatic carbocycles. The molecule has 1 saturated heterocycles. The van der Waals surface area contributed by atoms with E-state index in [0.29, 0.717) is 12.5 Å². The summed E-state index contributed by atoms with van der Waals surface area (Å²) in [6, 6.07) is 5.44. The second kappa shape index (κ2) is 12.3. The first-order valence-electron chi connectivity index (χ1n) is 8.35. The van der Waals surface area contributed by atoms with Crippen molar-refractivity contribution in [3.63, 3.8) is 0 Å². The van der Waals surface area contributed by atoms with Crippen LogP contribution in [0, 0.1) is 5.92 Å². The Kier molecular flexibility index (Phi) is 11.8. The lowest BCUT2D eigenvalue weighted by atomic mass is 9.96. The summed E-state index contributed by atoms with van der Waals surface area (Å²) < 4.78 is 4.99. The van der Waals surface area contributed by atoms with Crippen molar-refractivity contribution in [2.75, 3.05) is 44.8 Å². The van der Waals surface area contributed by atoms with Crippen molar-refractivity contribution < 1.29 is 9.53 Å². The maximum absolute atomic E-state index is 12.3. The normalized spacial score (nSPS) is 15.7. The topological polar surface area (TPSA) is 71.7 Å². The van der Waals surface area contributed by atoms with Gasteiger partial charge in [0.05, 0.1) is 6.61 Å². The first kappa shape index (κ1) is 23.9. The van der Waals surface area contributed by atoms with Gasteiger partial charge in [0.25, 0.3) is 0 Å². The third kappa shape index (κ3) is 6.98. The number of hydrogen-bond donors (Lipinski definition) is 1. The molecule has 1 aliphatic rings. The minimum Gasteiger partial charge on any atom is -0.383 e. The minimum absolute atomic E-state index is 0. The fourth-order valence-electron chi connectivity index (χ4n) is 3.06. The van der Waals surface area contributed by atoms with Gasteiger partial charge in [0.15, 0.2) is 0 Å². The van der Waals surface area contributed by atoms with Crippen LogP contribution >= 0.6 is 24.8 Å². The predicted octanol–water partition coefficient (Wildman–Crippen LogP) is 1.96. The summed E-state index contributed by atoms with van der Waals surface area (Å²) in [6.07, 6.45) is 3.97. The van der Waals surface area contributed by atoms with Gasteiger partial charge >= 0.3 is 0 Å². The molecule has 1 amide bonds. The number of halogens is 2. The van der Waals surface area contributed by atoms with Crippen molar-refractivity contribution in [2.45, 2.75) is 25.8 Å². The molecule has 0 aromatic carbocycles. The van der Waals surface area contributed by atoms with E-state index in [0.717, 1.165) is 38.3 Å². The van der Waals surface area contributed by atoms with E-state index < -0.39 is 6.04 Å². The monoisotopic (exact) mass is 392 g/mol. The fraction of sp³-hybridized carbons (Fsp3) is 0.647. The molecular formula is C17H30Cl2N4O2. The smallest absolute Gasteiger partial charge is 0.241 e. The summed E-state index contributed by atoms with van der Waals surface area (Å²) in [7, 11) is 1.57. The molecule has 0 saturated carbocycles. The van der Waals surface area contributed by atoms with Gasteiger partial charge in [-0.15, -0.1) is 24.8 Å². The number of aromatic nitrogens is 1. The first-order chi connectivity index (χ1) is 11.2. The molecule has 0 spiro atoms. The molecule has 8 heteroatoms. The molecule has 6 nitrogen and oxygen atoms in total. The number of pyridine rings is 1. The Labute approximate surface area is 162 Å². The molecule has 1 aliphatic heterocycles. The Hall–Kier alpha value is -1.08. The van der Waals surface area contributed by atoms with Crippen molar-refractivity contribution >= 4 is 36.5 Å². The number of ether oxygens (including phenoxy) is 1. The number of anilines is 1. The lowest BCUT2D eigenvalue weighted by molar-refractivity contribution is -0.134. The lowest BCUT2D eigenvalue weighted by Crippen LogP contribution is -2.48. The molecule has 1 unspecified atom stereocenters. The van der Waals surface area contributed by atoms with E-state index in [4.69, 9.17) is 10.5 Å². The van der Waals surface area contributed by atoms with Crippen molar-refractivity contribution in [2.24, 2.45) is 11.7 Å². The number of carbonyl (C=O) groups is 1. The van der Waals surface area contributed by atoms with Crippen LogP contribution in [0.1, 0.15) is 19.8 Å². The highest BCUT2D eigenvalue weighted by molar-refractivity contribution is 5.85. The lowest BCUT2D eigenvalue weighted by Gasteiger charge is -2.35. The van der Waals surface area contributed by atoms with Gasteiger partial charge in [0.1, 0.15) is 11.9 Å². The average molecular weight is 393 g/mol. The summed E-state index contributed by atoms with van der Waals surface area (Å²) in [5, 5.41) is 0. The Balaban J connectivity index is 0.00000288. The van der Waals surface area contributed by atoms with Crippen LogP contribution in [0.15, 0.2) is 24.4 Å². The van der Waals surface area contributed by atoms with Gasteiger partial charge in [0, 0.05) is 39.5 Å². The zero-order valence-electron chi connectivity index (χ0n) is 15.0. The van der Waals surface area contributed by atoms with E-state index in [1.165, 1.54) is 0 Å². The molecule has 2 N–H and O–H groups in total. The second-order valence-electron chi connectivity index (χ2n) is 6.06. The van der Waals surface area contributed by atoms with Gasteiger partial charge in [-0.2, -0.15) is 0 Å². The van der Waals surface area contributed by atoms with Crippen LogP contribution in [0.4, 0.5) is 5.82 Å². The molecule has 2 heterocycles. The summed E-state index contributed by atoms with van der Waals surface area (Å²) in [5.74, 6) is 1.55. The average Bonchev–Trinajstić information content (AvgIpc) is 2.60. The number of rotatable bonds is 7. The highest BCUT2D eigenvalue weighted by Gasteiger charge is 2.25. The van der Waals surface area contributed by atoms with Crippen molar-refractivity contribution in [1.29, 1.82) is 0 Å². The molecule has 144 valence electrons. The van der Waals surface area contributed by atoms with E-state index in [2.05, 4.69) is 9.88 Å². The standard InChI is InChI=1S/C17H28N4O2.2ClH/c1-3-20(17(22)15(18)13-23-2)12-14-7-10-21(11-8-14)16-6-4-5-9-19-16;;/h4-6,9,14-15H,3,7-8,10-13,18H2,1-2H3;2*1H. The van der Waals surface area contributed by atoms with Crippen LogP contribution < -0.4 is 10.6 Å². The Morgan fingerprint density at radius 3 is 2.60 bits per heavy atom. The first-order valence-corrected chi connectivity index (χ1v) is 8.35. The molecule has 1 fully saturated rings. The number of carbonyl (C=O) groups excluding carboxylic acids is 1. The molecule has 1 aromatic rings. The second-order valence-corrected chi connectivity index (χ2v) is 6.06. The largest absolute Gasteiger partial charge is 0.383 e. The van der Waals surface area contributed by atoms with Crippen molar-refractivity contribution in [3.8, 4) is 0 Å². The number of nitrogens with two attached hydrogens (primary N) is 1. The number of likely N-dealkylation sites (N-methyl/N-ethyl adjacent to an activating group) is 1. The van der Waals surface area contributed by atoms with Gasteiger partial charge in [-0.3, -0.25) is 4.79 Å². The van der Waals surface area contributed by atoms with E-state index >= 15 is 0 Å². The number of hydrogen-bond acceptors (Lipinski definition) is 5. The zero-order valence-corrected chi connectivity index (χ0v) is 16.6. The summed E-state index contributed by atoms with van der Waals surface area (Å²) >= 11 is 0. The van der Waals surface area contributed by atoms with Gasteiger partial charge in [-0.1, -0.05) is 6.07 Å². The van der Waals surface area contributed by atoms with Crippen LogP contribution in [0.3, 0.4) is 0 Å². The molecular weight excluding hydrogens is 363 g/mol. The predicted molar refractivity (Wildman–Crippen MR) is 106 cm³/mol. The van der Waals surface area contributed by atoms with E-state index in [9.17, 15) is 4.79 Å². The maximum Gasteiger partial charge on any atom is 0.241 e. The number of nitrogens with zero attached hydrogens (tertiary/aromatic N) is 3. The number of methoxy groups -OCH3 is 1. The van der Waals surface area contributed by atoms with Crippen molar-refractivity contribution in [1.82, 2.24) is 9.88 Å². The van der Waals surface area contributed by atoms with Crippen LogP contribution in [-0.2, 0) is 9.53 Å². The molecule has 25 heavy (non-hydrogen) atoms. The van der Waals surface area contributed by atoms with Crippen LogP contribution in [-0.4, -0.2) is 61.7 Å². The van der Waals surface area contributed by atoms with E-state index in [1.54, 1.807) is 7.11 Å². The summed E-state index contributed by atoms with van der Waals surface area (Å²) in [6.45, 7) is 5.71. The van der Waals surface area contributed by atoms with Crippen LogP contribution in [0.25, 0.3) is 0 Å². The van der Waals surface area contributed by atoms with Gasteiger partial charge in [-0.25, -0.2) is 4.98 Å². The summed E-state index contributed by atoms with van der Waals surface area (Å²) in [5.41, 5.74) is 5.87. The zero-order chi connectivity index (χ0) is 16.7. The highest BCUT2D eigenvalue weighted by Crippen LogP contribution is 2.22. The Bertz CT molecular complexity index is 485. The molecule has 1 atom stereocenters. The molecule has 0 bridgehead atoms. The summed E-state index contributed by atoms with van der Waals surface area (Å²) in [4.78, 5) is 20.9.